The molecule has 7 nitrogen and oxygen atoms in total. The molecule has 0 radical (unpaired) electrons. The van der Waals surface area contributed by atoms with Crippen molar-refractivity contribution >= 4 is 0 Å². The molecule has 0 aliphatic heterocycles. The highest BCUT2D eigenvalue weighted by atomic mass is 16.3. The van der Waals surface area contributed by atoms with Crippen LogP contribution in [0.1, 0.15) is 36.8 Å². The fraction of sp³-hybridized carbons (Fsp3) is 0.600. The molecule has 2 aromatic heterocycles. The summed E-state index contributed by atoms with van der Waals surface area (Å²) < 4.78 is 3.55. The number of aliphatic hydroxyl groups is 1. The molecule has 0 bridgehead atoms. The Morgan fingerprint density at radius 2 is 2.12 bits per heavy atom. The molecule has 2 aromatic rings. The number of aliphatic hydroxyl groups excluding tert-OH is 1. The largest absolute Gasteiger partial charge is 0.387 e. The molecule has 2 heterocycles. The van der Waals surface area contributed by atoms with Gasteiger partial charge in [0.2, 0.25) is 0 Å². The predicted molar refractivity (Wildman–Crippen MR) is 60.1 cm³/mol. The van der Waals surface area contributed by atoms with Gasteiger partial charge < -0.3 is 9.67 Å². The van der Waals surface area contributed by atoms with Gasteiger partial charge in [0.05, 0.1) is 12.3 Å². The summed E-state index contributed by atoms with van der Waals surface area (Å²) >= 11 is 0. The van der Waals surface area contributed by atoms with Crippen molar-refractivity contribution in [2.75, 3.05) is 0 Å². The number of hydrogen-bond donors (Lipinski definition) is 1. The summed E-state index contributed by atoms with van der Waals surface area (Å²) in [5.74, 6) is 1.67. The van der Waals surface area contributed by atoms with Crippen molar-refractivity contribution < 1.29 is 5.11 Å². The Balaban J connectivity index is 2.14. The van der Waals surface area contributed by atoms with Gasteiger partial charge in [-0.2, -0.15) is 0 Å². The fourth-order valence-electron chi connectivity index (χ4n) is 1.49. The van der Waals surface area contributed by atoms with Gasteiger partial charge in [-0.05, 0) is 13.3 Å². The van der Waals surface area contributed by atoms with Crippen LogP contribution in [0.3, 0.4) is 0 Å². The zero-order chi connectivity index (χ0) is 12.4. The zero-order valence-electron chi connectivity index (χ0n) is 10.2. The SMILES string of the molecule is CCC(O)c1cn(Cc2nnc(C)n2C)nn1. The van der Waals surface area contributed by atoms with Gasteiger partial charge in [-0.1, -0.05) is 12.1 Å². The van der Waals surface area contributed by atoms with Crippen LogP contribution < -0.4 is 0 Å². The zero-order valence-corrected chi connectivity index (χ0v) is 10.2. The van der Waals surface area contributed by atoms with Crippen LogP contribution in [0.5, 0.6) is 0 Å². The van der Waals surface area contributed by atoms with Gasteiger partial charge in [-0.15, -0.1) is 15.3 Å². The van der Waals surface area contributed by atoms with E-state index in [1.807, 2.05) is 25.5 Å². The summed E-state index contributed by atoms with van der Waals surface area (Å²) in [6.45, 7) is 4.29. The summed E-state index contributed by atoms with van der Waals surface area (Å²) in [5.41, 5.74) is 0.589. The maximum absolute atomic E-state index is 9.62. The molecule has 1 atom stereocenters. The summed E-state index contributed by atoms with van der Waals surface area (Å²) in [6, 6.07) is 0. The number of rotatable bonds is 4. The van der Waals surface area contributed by atoms with Crippen LogP contribution in [-0.2, 0) is 13.6 Å². The van der Waals surface area contributed by atoms with Gasteiger partial charge in [0, 0.05) is 7.05 Å². The van der Waals surface area contributed by atoms with Crippen LogP contribution in [-0.4, -0.2) is 34.9 Å². The average Bonchev–Trinajstić information content (AvgIpc) is 2.91. The monoisotopic (exact) mass is 236 g/mol. The smallest absolute Gasteiger partial charge is 0.154 e. The van der Waals surface area contributed by atoms with Crippen molar-refractivity contribution in [1.29, 1.82) is 0 Å². The maximum atomic E-state index is 9.62. The quantitative estimate of drug-likeness (QED) is 0.820. The van der Waals surface area contributed by atoms with Crippen molar-refractivity contribution in [3.63, 3.8) is 0 Å². The van der Waals surface area contributed by atoms with E-state index in [1.54, 1.807) is 10.9 Å². The number of nitrogens with zero attached hydrogens (tertiary/aromatic N) is 6. The van der Waals surface area contributed by atoms with Crippen LogP contribution in [0.25, 0.3) is 0 Å². The molecular weight excluding hydrogens is 220 g/mol. The molecule has 0 fully saturated rings. The highest BCUT2D eigenvalue weighted by Crippen LogP contribution is 2.12. The first-order chi connectivity index (χ1) is 8.11. The molecule has 92 valence electrons. The number of aryl methyl sites for hydroxylation is 1. The Morgan fingerprint density at radius 1 is 1.35 bits per heavy atom. The van der Waals surface area contributed by atoms with Gasteiger partial charge in [0.1, 0.15) is 18.1 Å². The van der Waals surface area contributed by atoms with Gasteiger partial charge in [0.25, 0.3) is 0 Å². The standard InChI is InChI=1S/C10H16N6O/c1-4-9(17)8-5-16(14-12-8)6-10-13-11-7(2)15(10)3/h5,9,17H,4,6H2,1-3H3. The summed E-state index contributed by atoms with van der Waals surface area (Å²) in [6.07, 6.45) is 1.81. The lowest BCUT2D eigenvalue weighted by atomic mass is 10.2. The third-order valence-electron chi connectivity index (χ3n) is 2.77. The summed E-state index contributed by atoms with van der Waals surface area (Å²) in [5, 5.41) is 25.5. The van der Waals surface area contributed by atoms with E-state index in [0.717, 1.165) is 11.6 Å². The first kappa shape index (κ1) is 11.7. The van der Waals surface area contributed by atoms with E-state index in [0.29, 0.717) is 18.7 Å². The number of hydrogen-bond acceptors (Lipinski definition) is 5. The molecule has 0 aliphatic rings. The van der Waals surface area contributed by atoms with Crippen LogP contribution in [0.4, 0.5) is 0 Å². The normalized spacial score (nSPS) is 12.9. The van der Waals surface area contributed by atoms with Crippen molar-refractivity contribution in [1.82, 2.24) is 29.8 Å². The molecule has 0 saturated heterocycles. The van der Waals surface area contributed by atoms with Crippen LogP contribution in [0.2, 0.25) is 0 Å². The molecule has 1 N–H and O–H groups in total. The lowest BCUT2D eigenvalue weighted by Gasteiger charge is -2.02. The highest BCUT2D eigenvalue weighted by molar-refractivity contribution is 4.99. The van der Waals surface area contributed by atoms with Gasteiger partial charge in [-0.3, -0.25) is 0 Å². The molecule has 0 spiro atoms. The highest BCUT2D eigenvalue weighted by Gasteiger charge is 2.11. The van der Waals surface area contributed by atoms with Gasteiger partial charge in [0.15, 0.2) is 5.82 Å². The van der Waals surface area contributed by atoms with E-state index < -0.39 is 6.10 Å². The Bertz CT molecular complexity index is 503. The van der Waals surface area contributed by atoms with E-state index >= 15 is 0 Å². The van der Waals surface area contributed by atoms with E-state index in [2.05, 4.69) is 20.5 Å². The minimum Gasteiger partial charge on any atom is -0.387 e. The Labute approximate surface area is 99.1 Å². The minimum absolute atomic E-state index is 0.501. The van der Waals surface area contributed by atoms with Crippen LogP contribution in [0, 0.1) is 6.92 Å². The van der Waals surface area contributed by atoms with Crippen molar-refractivity contribution in [3.8, 4) is 0 Å². The van der Waals surface area contributed by atoms with Crippen molar-refractivity contribution in [2.45, 2.75) is 32.9 Å². The predicted octanol–water partition coefficient (Wildman–Crippen LogP) is 0.207. The molecule has 0 amide bonds. The number of aromatic nitrogens is 6. The lowest BCUT2D eigenvalue weighted by molar-refractivity contribution is 0.168. The summed E-state index contributed by atoms with van der Waals surface area (Å²) in [7, 11) is 1.91. The van der Waals surface area contributed by atoms with E-state index in [4.69, 9.17) is 0 Å². The second-order valence-corrected chi connectivity index (χ2v) is 3.99. The minimum atomic E-state index is -0.551. The molecule has 0 aliphatic carbocycles. The van der Waals surface area contributed by atoms with E-state index in [-0.39, 0.29) is 0 Å². The summed E-state index contributed by atoms with van der Waals surface area (Å²) in [4.78, 5) is 0. The molecule has 0 aromatic carbocycles. The second kappa shape index (κ2) is 4.62. The van der Waals surface area contributed by atoms with Crippen molar-refractivity contribution in [3.05, 3.63) is 23.5 Å². The van der Waals surface area contributed by atoms with Crippen molar-refractivity contribution in [2.24, 2.45) is 7.05 Å². The molecule has 2 rings (SSSR count). The van der Waals surface area contributed by atoms with E-state index in [9.17, 15) is 5.11 Å². The van der Waals surface area contributed by atoms with Gasteiger partial charge >= 0.3 is 0 Å². The third kappa shape index (κ3) is 2.33. The van der Waals surface area contributed by atoms with E-state index in [1.165, 1.54) is 0 Å². The molecule has 1 unspecified atom stereocenters. The molecule has 7 heteroatoms. The van der Waals surface area contributed by atoms with Crippen LogP contribution in [0.15, 0.2) is 6.20 Å². The Morgan fingerprint density at radius 3 is 2.71 bits per heavy atom. The molecule has 0 saturated carbocycles. The molecular formula is C10H16N6O. The third-order valence-corrected chi connectivity index (χ3v) is 2.77. The lowest BCUT2D eigenvalue weighted by Crippen LogP contribution is -2.07. The maximum Gasteiger partial charge on any atom is 0.154 e. The first-order valence-corrected chi connectivity index (χ1v) is 5.54. The Kier molecular flexibility index (Phi) is 3.19. The first-order valence-electron chi connectivity index (χ1n) is 5.54. The fourth-order valence-corrected chi connectivity index (χ4v) is 1.49. The average molecular weight is 236 g/mol. The topological polar surface area (TPSA) is 81.6 Å². The molecule has 17 heavy (non-hydrogen) atoms. The van der Waals surface area contributed by atoms with Crippen LogP contribution >= 0.6 is 0 Å². The second-order valence-electron chi connectivity index (χ2n) is 3.99. The Hall–Kier alpha value is -1.76. The van der Waals surface area contributed by atoms with Gasteiger partial charge in [-0.25, -0.2) is 4.68 Å².